The van der Waals surface area contributed by atoms with Crippen molar-refractivity contribution in [3.8, 4) is 0 Å². The van der Waals surface area contributed by atoms with Crippen molar-refractivity contribution >= 4 is 39.8 Å². The maximum absolute atomic E-state index is 11.6. The van der Waals surface area contributed by atoms with Crippen LogP contribution in [0.15, 0.2) is 29.3 Å². The van der Waals surface area contributed by atoms with Crippen LogP contribution < -0.4 is 10.6 Å². The van der Waals surface area contributed by atoms with Crippen LogP contribution in [0.1, 0.15) is 23.6 Å². The Bertz CT molecular complexity index is 674. The van der Waals surface area contributed by atoms with Crippen molar-refractivity contribution in [3.05, 3.63) is 35.4 Å². The zero-order valence-corrected chi connectivity index (χ0v) is 18.5. The molecule has 1 heterocycles. The highest BCUT2D eigenvalue weighted by molar-refractivity contribution is 14.0. The minimum absolute atomic E-state index is 0. The SMILES string of the molecule is CN=C(NCC(c1ccc(C)cc1)N(C)C)NC1CCS(=O)(=O)C1.I. The third-order valence-corrected chi connectivity index (χ3v) is 6.11. The second-order valence-corrected chi connectivity index (χ2v) is 8.82. The summed E-state index contributed by atoms with van der Waals surface area (Å²) in [5.41, 5.74) is 2.47. The highest BCUT2D eigenvalue weighted by Gasteiger charge is 2.28. The Morgan fingerprint density at radius 2 is 1.96 bits per heavy atom. The van der Waals surface area contributed by atoms with Gasteiger partial charge in [-0.3, -0.25) is 4.99 Å². The van der Waals surface area contributed by atoms with Gasteiger partial charge in [0.05, 0.1) is 17.5 Å². The van der Waals surface area contributed by atoms with Gasteiger partial charge in [-0.2, -0.15) is 0 Å². The molecule has 0 aromatic heterocycles. The van der Waals surface area contributed by atoms with Gasteiger partial charge >= 0.3 is 0 Å². The van der Waals surface area contributed by atoms with Crippen molar-refractivity contribution < 1.29 is 8.42 Å². The number of hydrogen-bond acceptors (Lipinski definition) is 4. The van der Waals surface area contributed by atoms with E-state index in [1.807, 2.05) is 14.1 Å². The second-order valence-electron chi connectivity index (χ2n) is 6.59. The van der Waals surface area contributed by atoms with Crippen LogP contribution in [0, 0.1) is 6.92 Å². The van der Waals surface area contributed by atoms with E-state index < -0.39 is 9.84 Å². The second kappa shape index (κ2) is 9.72. The molecule has 0 radical (unpaired) electrons. The van der Waals surface area contributed by atoms with Crippen LogP contribution in [0.25, 0.3) is 0 Å². The molecule has 142 valence electrons. The first-order valence-corrected chi connectivity index (χ1v) is 10.0. The Balaban J connectivity index is 0.00000312. The molecule has 1 fully saturated rings. The number of hydrogen-bond donors (Lipinski definition) is 2. The van der Waals surface area contributed by atoms with Gasteiger partial charge in [0.25, 0.3) is 0 Å². The molecule has 0 amide bonds. The smallest absolute Gasteiger partial charge is 0.191 e. The summed E-state index contributed by atoms with van der Waals surface area (Å²) in [6, 6.07) is 8.66. The summed E-state index contributed by atoms with van der Waals surface area (Å²) in [6.07, 6.45) is 0.637. The van der Waals surface area contributed by atoms with E-state index in [0.717, 1.165) is 0 Å². The number of nitrogens with zero attached hydrogens (tertiary/aromatic N) is 2. The number of guanidine groups is 1. The van der Waals surface area contributed by atoms with E-state index >= 15 is 0 Å². The zero-order valence-electron chi connectivity index (χ0n) is 15.3. The van der Waals surface area contributed by atoms with E-state index in [4.69, 9.17) is 0 Å². The third kappa shape index (κ3) is 6.74. The molecule has 1 aliphatic heterocycles. The average Bonchev–Trinajstić information content (AvgIpc) is 2.86. The maximum Gasteiger partial charge on any atom is 0.191 e. The Morgan fingerprint density at radius 1 is 1.32 bits per heavy atom. The third-order valence-electron chi connectivity index (χ3n) is 4.35. The molecule has 0 saturated carbocycles. The number of nitrogens with one attached hydrogen (secondary N) is 2. The number of aryl methyl sites for hydroxylation is 1. The van der Waals surface area contributed by atoms with Gasteiger partial charge in [-0.25, -0.2) is 8.42 Å². The largest absolute Gasteiger partial charge is 0.354 e. The van der Waals surface area contributed by atoms with Crippen molar-refractivity contribution in [3.63, 3.8) is 0 Å². The minimum Gasteiger partial charge on any atom is -0.354 e. The first-order chi connectivity index (χ1) is 11.3. The molecule has 0 spiro atoms. The summed E-state index contributed by atoms with van der Waals surface area (Å²) in [7, 11) is 2.90. The lowest BCUT2D eigenvalue weighted by molar-refractivity contribution is 0.298. The standard InChI is InChI=1S/C17H28N4O2S.HI/c1-13-5-7-14(8-6-13)16(21(3)4)11-19-17(18-2)20-15-9-10-24(22,23)12-15;/h5-8,15-16H,9-12H2,1-4H3,(H2,18,19,20);1H. The topological polar surface area (TPSA) is 73.8 Å². The summed E-state index contributed by atoms with van der Waals surface area (Å²) < 4.78 is 23.1. The van der Waals surface area contributed by atoms with Crippen LogP contribution in [0.2, 0.25) is 0 Å². The molecular formula is C17H29IN4O2S. The van der Waals surface area contributed by atoms with Gasteiger partial charge in [-0.05, 0) is 33.0 Å². The van der Waals surface area contributed by atoms with Crippen molar-refractivity contribution in [2.24, 2.45) is 4.99 Å². The quantitative estimate of drug-likeness (QED) is 0.380. The average molecular weight is 480 g/mol. The number of halogens is 1. The number of aliphatic imine (C=N–C) groups is 1. The molecule has 1 saturated heterocycles. The first-order valence-electron chi connectivity index (χ1n) is 8.21. The van der Waals surface area contributed by atoms with Crippen LogP contribution in [0.3, 0.4) is 0 Å². The van der Waals surface area contributed by atoms with Crippen molar-refractivity contribution in [1.29, 1.82) is 0 Å². The lowest BCUT2D eigenvalue weighted by Gasteiger charge is -2.26. The molecule has 2 atom stereocenters. The summed E-state index contributed by atoms with van der Waals surface area (Å²) >= 11 is 0. The lowest BCUT2D eigenvalue weighted by atomic mass is 10.0. The molecule has 0 bridgehead atoms. The molecule has 25 heavy (non-hydrogen) atoms. The fourth-order valence-corrected chi connectivity index (χ4v) is 4.55. The van der Waals surface area contributed by atoms with Crippen molar-refractivity contribution in [2.75, 3.05) is 39.2 Å². The van der Waals surface area contributed by atoms with Crippen LogP contribution in [-0.2, 0) is 9.84 Å². The van der Waals surface area contributed by atoms with Gasteiger partial charge < -0.3 is 15.5 Å². The molecule has 2 N–H and O–H groups in total. The summed E-state index contributed by atoms with van der Waals surface area (Å²) in [5.74, 6) is 1.09. The van der Waals surface area contributed by atoms with E-state index in [-0.39, 0.29) is 47.6 Å². The van der Waals surface area contributed by atoms with Crippen LogP contribution in [-0.4, -0.2) is 64.5 Å². The van der Waals surface area contributed by atoms with Crippen LogP contribution in [0.4, 0.5) is 0 Å². The molecular weight excluding hydrogens is 451 g/mol. The highest BCUT2D eigenvalue weighted by atomic mass is 127. The van der Waals surface area contributed by atoms with Gasteiger partial charge in [-0.1, -0.05) is 29.8 Å². The first kappa shape index (κ1) is 22.2. The summed E-state index contributed by atoms with van der Waals surface area (Å²) in [6.45, 7) is 2.77. The van der Waals surface area contributed by atoms with Gasteiger partial charge in [0.1, 0.15) is 0 Å². The number of likely N-dealkylation sites (N-methyl/N-ethyl adjacent to an activating group) is 1. The number of sulfone groups is 1. The Kier molecular flexibility index (Phi) is 8.62. The normalized spacial score (nSPS) is 20.8. The number of benzene rings is 1. The molecule has 0 aliphatic carbocycles. The lowest BCUT2D eigenvalue weighted by Crippen LogP contribution is -2.46. The van der Waals surface area contributed by atoms with E-state index in [0.29, 0.717) is 18.9 Å². The van der Waals surface area contributed by atoms with E-state index in [2.05, 4.69) is 51.7 Å². The number of rotatable bonds is 5. The highest BCUT2D eigenvalue weighted by Crippen LogP contribution is 2.18. The fraction of sp³-hybridized carbons (Fsp3) is 0.588. The summed E-state index contributed by atoms with van der Waals surface area (Å²) in [4.78, 5) is 6.38. The van der Waals surface area contributed by atoms with Crippen molar-refractivity contribution in [1.82, 2.24) is 15.5 Å². The van der Waals surface area contributed by atoms with E-state index in [1.54, 1.807) is 7.05 Å². The van der Waals surface area contributed by atoms with Gasteiger partial charge in [-0.15, -0.1) is 24.0 Å². The molecule has 2 rings (SSSR count). The minimum atomic E-state index is -2.89. The predicted octanol–water partition coefficient (Wildman–Crippen LogP) is 1.57. The Hall–Kier alpha value is -0.870. The Labute approximate surface area is 168 Å². The van der Waals surface area contributed by atoms with Gasteiger partial charge in [0, 0.05) is 19.6 Å². The molecule has 8 heteroatoms. The van der Waals surface area contributed by atoms with Gasteiger partial charge in [0.15, 0.2) is 15.8 Å². The molecule has 2 unspecified atom stereocenters. The van der Waals surface area contributed by atoms with Crippen molar-refractivity contribution in [2.45, 2.75) is 25.4 Å². The monoisotopic (exact) mass is 480 g/mol. The molecule has 1 aromatic rings. The Morgan fingerprint density at radius 3 is 2.44 bits per heavy atom. The molecule has 1 aromatic carbocycles. The van der Waals surface area contributed by atoms with E-state index in [9.17, 15) is 8.42 Å². The predicted molar refractivity (Wildman–Crippen MR) is 115 cm³/mol. The van der Waals surface area contributed by atoms with Gasteiger partial charge in [0.2, 0.25) is 0 Å². The van der Waals surface area contributed by atoms with Crippen LogP contribution >= 0.6 is 24.0 Å². The molecule has 1 aliphatic rings. The zero-order chi connectivity index (χ0) is 17.7. The van der Waals surface area contributed by atoms with E-state index in [1.165, 1.54) is 11.1 Å². The fourth-order valence-electron chi connectivity index (χ4n) is 2.88. The summed E-state index contributed by atoms with van der Waals surface area (Å²) in [5, 5.41) is 6.54. The molecule has 6 nitrogen and oxygen atoms in total. The maximum atomic E-state index is 11.6. The van der Waals surface area contributed by atoms with Crippen LogP contribution in [0.5, 0.6) is 0 Å².